The van der Waals surface area contributed by atoms with Gasteiger partial charge in [0.15, 0.2) is 0 Å². The summed E-state index contributed by atoms with van der Waals surface area (Å²) in [6.45, 7) is 2.97. The third-order valence-corrected chi connectivity index (χ3v) is 4.85. The molecule has 0 bridgehead atoms. The van der Waals surface area contributed by atoms with Crippen molar-refractivity contribution in [1.29, 1.82) is 0 Å². The molecule has 1 N–H and O–H groups in total. The summed E-state index contributed by atoms with van der Waals surface area (Å²) in [4.78, 5) is 0.271. The Morgan fingerprint density at radius 2 is 1.89 bits per heavy atom. The zero-order valence-corrected chi connectivity index (χ0v) is 12.2. The molecule has 0 spiro atoms. The first-order valence-corrected chi connectivity index (χ1v) is 7.69. The van der Waals surface area contributed by atoms with Crippen molar-refractivity contribution >= 4 is 10.0 Å². The summed E-state index contributed by atoms with van der Waals surface area (Å²) in [5, 5.41) is 8.83. The van der Waals surface area contributed by atoms with Crippen LogP contribution in [0.4, 0.5) is 0 Å². The zero-order chi connectivity index (χ0) is 14.3. The molecule has 108 valence electrons. The van der Waals surface area contributed by atoms with Gasteiger partial charge in [0.05, 0.1) is 11.5 Å². The van der Waals surface area contributed by atoms with E-state index < -0.39 is 10.0 Å². The van der Waals surface area contributed by atoms with Crippen LogP contribution >= 0.6 is 0 Å². The fourth-order valence-electron chi connectivity index (χ4n) is 1.75. The Kier molecular flexibility index (Phi) is 6.44. The average Bonchev–Trinajstić information content (AvgIpc) is 2.40. The summed E-state index contributed by atoms with van der Waals surface area (Å²) in [5.74, 6) is 0. The van der Waals surface area contributed by atoms with Crippen molar-refractivity contribution in [3.63, 3.8) is 0 Å². The predicted octanol–water partition coefficient (Wildman–Crippen LogP) is 0.878. The molecular weight excluding hydrogens is 266 g/mol. The maximum atomic E-state index is 12.4. The highest BCUT2D eigenvalue weighted by molar-refractivity contribution is 7.89. The molecule has 0 fully saturated rings. The van der Waals surface area contributed by atoms with Gasteiger partial charge < -0.3 is 9.84 Å². The number of benzene rings is 1. The molecule has 1 aromatic carbocycles. The number of rotatable bonds is 8. The van der Waals surface area contributed by atoms with Crippen molar-refractivity contribution in [1.82, 2.24) is 4.31 Å². The van der Waals surface area contributed by atoms with E-state index in [0.717, 1.165) is 5.56 Å². The Bertz CT molecular complexity index is 470. The Morgan fingerprint density at radius 1 is 1.26 bits per heavy atom. The number of methoxy groups -OCH3 is 1. The van der Waals surface area contributed by atoms with Crippen LogP contribution in [0.5, 0.6) is 0 Å². The standard InChI is InChI=1S/C13H21NO4S/c1-3-14(9-11-18-2)19(16,17)13-6-4-12(5-7-13)8-10-15/h4-7,15H,3,8-11H2,1-2H3. The Morgan fingerprint density at radius 3 is 2.37 bits per heavy atom. The third kappa shape index (κ3) is 4.28. The minimum Gasteiger partial charge on any atom is -0.396 e. The van der Waals surface area contributed by atoms with Crippen molar-refractivity contribution in [2.75, 3.05) is 33.4 Å². The van der Waals surface area contributed by atoms with Crippen LogP contribution in [-0.2, 0) is 21.2 Å². The van der Waals surface area contributed by atoms with Crippen molar-refractivity contribution in [3.8, 4) is 0 Å². The number of nitrogens with zero attached hydrogens (tertiary/aromatic N) is 1. The SMILES string of the molecule is CCN(CCOC)S(=O)(=O)c1ccc(CCO)cc1. The molecule has 0 aliphatic carbocycles. The lowest BCUT2D eigenvalue weighted by Crippen LogP contribution is -2.33. The molecule has 0 aliphatic heterocycles. The van der Waals surface area contributed by atoms with Crippen LogP contribution in [-0.4, -0.2) is 51.2 Å². The van der Waals surface area contributed by atoms with Crippen molar-refractivity contribution in [2.45, 2.75) is 18.2 Å². The first-order chi connectivity index (χ1) is 9.06. The monoisotopic (exact) mass is 287 g/mol. The van der Waals surface area contributed by atoms with Gasteiger partial charge in [-0.15, -0.1) is 0 Å². The highest BCUT2D eigenvalue weighted by atomic mass is 32.2. The molecule has 0 saturated heterocycles. The number of hydrogen-bond acceptors (Lipinski definition) is 4. The first-order valence-electron chi connectivity index (χ1n) is 6.25. The molecular formula is C13H21NO4S. The average molecular weight is 287 g/mol. The normalized spacial score (nSPS) is 12.0. The van der Waals surface area contributed by atoms with Gasteiger partial charge in [0.25, 0.3) is 0 Å². The lowest BCUT2D eigenvalue weighted by Gasteiger charge is -2.20. The summed E-state index contributed by atoms with van der Waals surface area (Å²) in [5.41, 5.74) is 0.918. The van der Waals surface area contributed by atoms with Crippen LogP contribution in [0.15, 0.2) is 29.2 Å². The quantitative estimate of drug-likeness (QED) is 0.771. The van der Waals surface area contributed by atoms with Crippen molar-refractivity contribution < 1.29 is 18.3 Å². The molecule has 1 rings (SSSR count). The number of sulfonamides is 1. The van der Waals surface area contributed by atoms with Crippen molar-refractivity contribution in [2.24, 2.45) is 0 Å². The second-order valence-electron chi connectivity index (χ2n) is 4.11. The topological polar surface area (TPSA) is 66.8 Å². The van der Waals surface area contributed by atoms with Gasteiger partial charge >= 0.3 is 0 Å². The number of aliphatic hydroxyl groups is 1. The molecule has 5 nitrogen and oxygen atoms in total. The van der Waals surface area contributed by atoms with Crippen LogP contribution in [0, 0.1) is 0 Å². The fourth-order valence-corrected chi connectivity index (χ4v) is 3.18. The lowest BCUT2D eigenvalue weighted by atomic mass is 10.2. The highest BCUT2D eigenvalue weighted by Crippen LogP contribution is 2.16. The molecule has 1 aromatic rings. The predicted molar refractivity (Wildman–Crippen MR) is 73.5 cm³/mol. The van der Waals surface area contributed by atoms with Crippen LogP contribution < -0.4 is 0 Å². The van der Waals surface area contributed by atoms with Gasteiger partial charge in [0.2, 0.25) is 10.0 Å². The van der Waals surface area contributed by atoms with Gasteiger partial charge in [-0.05, 0) is 24.1 Å². The van der Waals surface area contributed by atoms with Crippen LogP contribution in [0.25, 0.3) is 0 Å². The van der Waals surface area contributed by atoms with Crippen molar-refractivity contribution in [3.05, 3.63) is 29.8 Å². The zero-order valence-electron chi connectivity index (χ0n) is 11.4. The van der Waals surface area contributed by atoms with Gasteiger partial charge in [-0.3, -0.25) is 0 Å². The minimum absolute atomic E-state index is 0.0566. The van der Waals surface area contributed by atoms with Gasteiger partial charge in [0, 0.05) is 26.8 Å². The number of aliphatic hydroxyl groups excluding tert-OH is 1. The second kappa shape index (κ2) is 7.59. The summed E-state index contributed by atoms with van der Waals surface area (Å²) >= 11 is 0. The first kappa shape index (κ1) is 16.1. The van der Waals surface area contributed by atoms with Gasteiger partial charge in [0.1, 0.15) is 0 Å². The van der Waals surface area contributed by atoms with E-state index in [2.05, 4.69) is 0 Å². The molecule has 0 unspecified atom stereocenters. The number of ether oxygens (including phenoxy) is 1. The molecule has 0 aromatic heterocycles. The van der Waals surface area contributed by atoms with E-state index in [1.807, 2.05) is 0 Å². The Labute approximate surface area is 114 Å². The number of likely N-dealkylation sites (N-methyl/N-ethyl adjacent to an activating group) is 1. The van der Waals surface area contributed by atoms with Gasteiger partial charge in [-0.2, -0.15) is 4.31 Å². The lowest BCUT2D eigenvalue weighted by molar-refractivity contribution is 0.180. The Balaban J connectivity index is 2.91. The summed E-state index contributed by atoms with van der Waals surface area (Å²) in [6, 6.07) is 6.62. The maximum absolute atomic E-state index is 12.4. The smallest absolute Gasteiger partial charge is 0.243 e. The van der Waals surface area contributed by atoms with E-state index in [9.17, 15) is 8.42 Å². The van der Waals surface area contributed by atoms with Crippen LogP contribution in [0.1, 0.15) is 12.5 Å². The van der Waals surface area contributed by atoms with E-state index in [-0.39, 0.29) is 11.5 Å². The van der Waals surface area contributed by atoms with E-state index in [0.29, 0.717) is 26.1 Å². The molecule has 0 atom stereocenters. The summed E-state index contributed by atoms with van der Waals surface area (Å²) in [7, 11) is -1.92. The molecule has 0 amide bonds. The maximum Gasteiger partial charge on any atom is 0.243 e. The van der Waals surface area contributed by atoms with E-state index in [1.165, 1.54) is 4.31 Å². The van der Waals surface area contributed by atoms with E-state index in [1.54, 1.807) is 38.3 Å². The number of hydrogen-bond donors (Lipinski definition) is 1. The molecule has 6 heteroatoms. The highest BCUT2D eigenvalue weighted by Gasteiger charge is 2.22. The van der Waals surface area contributed by atoms with Crippen LogP contribution in [0.3, 0.4) is 0 Å². The molecule has 0 aliphatic rings. The largest absolute Gasteiger partial charge is 0.396 e. The molecule has 0 radical (unpaired) electrons. The Hall–Kier alpha value is -0.950. The summed E-state index contributed by atoms with van der Waals surface area (Å²) < 4.78 is 31.0. The minimum atomic E-state index is -3.46. The second-order valence-corrected chi connectivity index (χ2v) is 6.04. The fraction of sp³-hybridized carbons (Fsp3) is 0.538. The third-order valence-electron chi connectivity index (χ3n) is 2.86. The van der Waals surface area contributed by atoms with E-state index in [4.69, 9.17) is 9.84 Å². The molecule has 0 heterocycles. The molecule has 19 heavy (non-hydrogen) atoms. The van der Waals surface area contributed by atoms with Crippen LogP contribution in [0.2, 0.25) is 0 Å². The summed E-state index contributed by atoms with van der Waals surface area (Å²) in [6.07, 6.45) is 0.529. The van der Waals surface area contributed by atoms with Gasteiger partial charge in [-0.25, -0.2) is 8.42 Å². The van der Waals surface area contributed by atoms with Gasteiger partial charge in [-0.1, -0.05) is 19.1 Å². The molecule has 0 saturated carbocycles. The van der Waals surface area contributed by atoms with E-state index >= 15 is 0 Å².